The molecule has 1 aliphatic heterocycles. The van der Waals surface area contributed by atoms with Crippen molar-refractivity contribution in [3.63, 3.8) is 0 Å². The van der Waals surface area contributed by atoms with Gasteiger partial charge in [-0.05, 0) is 38.1 Å². The minimum absolute atomic E-state index is 0.0863. The first-order valence-corrected chi connectivity index (χ1v) is 4.73. The zero-order chi connectivity index (χ0) is 8.55. The van der Waals surface area contributed by atoms with Crippen LogP contribution in [0.5, 0.6) is 0 Å². The maximum Gasteiger partial charge on any atom is 0.306 e. The van der Waals surface area contributed by atoms with E-state index in [-0.39, 0.29) is 5.92 Å². The fraction of sp³-hybridized carbons (Fsp3) is 0.889. The van der Waals surface area contributed by atoms with Gasteiger partial charge in [0.15, 0.2) is 0 Å². The average molecular weight is 169 g/mol. The summed E-state index contributed by atoms with van der Waals surface area (Å²) in [4.78, 5) is 10.7. The van der Waals surface area contributed by atoms with Gasteiger partial charge in [-0.15, -0.1) is 0 Å². The molecule has 0 aromatic rings. The maximum atomic E-state index is 10.7. The fourth-order valence-electron chi connectivity index (χ4n) is 2.51. The zero-order valence-electron chi connectivity index (χ0n) is 7.12. The molecular weight excluding hydrogens is 154 g/mol. The lowest BCUT2D eigenvalue weighted by atomic mass is 9.79. The average Bonchev–Trinajstić information content (AvgIpc) is 2.49. The molecule has 0 radical (unpaired) electrons. The molecule has 0 spiro atoms. The highest BCUT2D eigenvalue weighted by atomic mass is 16.4. The van der Waals surface area contributed by atoms with Crippen molar-refractivity contribution in [1.29, 1.82) is 0 Å². The number of nitrogens with one attached hydrogen (secondary N) is 1. The van der Waals surface area contributed by atoms with Gasteiger partial charge in [0.05, 0.1) is 5.92 Å². The van der Waals surface area contributed by atoms with Crippen LogP contribution in [-0.2, 0) is 4.79 Å². The summed E-state index contributed by atoms with van der Waals surface area (Å²) in [5.41, 5.74) is 0. The molecule has 2 aliphatic rings. The molecule has 3 atom stereocenters. The Bertz CT molecular complexity index is 193. The molecule has 0 bridgehead atoms. The van der Waals surface area contributed by atoms with Crippen LogP contribution in [-0.4, -0.2) is 23.7 Å². The highest BCUT2D eigenvalue weighted by molar-refractivity contribution is 5.70. The van der Waals surface area contributed by atoms with E-state index in [4.69, 9.17) is 5.11 Å². The number of rotatable bonds is 1. The van der Waals surface area contributed by atoms with E-state index < -0.39 is 5.97 Å². The molecule has 2 N–H and O–H groups in total. The topological polar surface area (TPSA) is 49.3 Å². The Labute approximate surface area is 72.2 Å². The van der Waals surface area contributed by atoms with Gasteiger partial charge in [0.25, 0.3) is 0 Å². The quantitative estimate of drug-likeness (QED) is 0.611. The largest absolute Gasteiger partial charge is 0.481 e. The number of hydrogen-bond acceptors (Lipinski definition) is 2. The normalized spacial score (nSPS) is 40.8. The number of carboxylic acid groups (broad SMARTS) is 1. The van der Waals surface area contributed by atoms with Crippen molar-refractivity contribution in [2.24, 2.45) is 11.8 Å². The van der Waals surface area contributed by atoms with E-state index in [1.165, 1.54) is 6.42 Å². The summed E-state index contributed by atoms with van der Waals surface area (Å²) in [6, 6.07) is 0.500. The predicted octanol–water partition coefficient (Wildman–Crippen LogP) is 0.849. The lowest BCUT2D eigenvalue weighted by molar-refractivity contribution is -0.143. The van der Waals surface area contributed by atoms with E-state index in [1.807, 2.05) is 0 Å². The van der Waals surface area contributed by atoms with Gasteiger partial charge in [0.2, 0.25) is 0 Å². The molecule has 68 valence electrons. The van der Waals surface area contributed by atoms with Gasteiger partial charge in [0.1, 0.15) is 0 Å². The molecule has 3 nitrogen and oxygen atoms in total. The Hall–Kier alpha value is -0.570. The number of carboxylic acids is 1. The first kappa shape index (κ1) is 8.05. The summed E-state index contributed by atoms with van der Waals surface area (Å²) in [6.45, 7) is 1.08. The smallest absolute Gasteiger partial charge is 0.306 e. The molecule has 0 unspecified atom stereocenters. The van der Waals surface area contributed by atoms with Gasteiger partial charge in [0, 0.05) is 6.04 Å². The van der Waals surface area contributed by atoms with Crippen LogP contribution in [0.25, 0.3) is 0 Å². The second-order valence-corrected chi connectivity index (χ2v) is 3.96. The van der Waals surface area contributed by atoms with Gasteiger partial charge in [-0.3, -0.25) is 4.79 Å². The lowest BCUT2D eigenvalue weighted by Gasteiger charge is -2.29. The van der Waals surface area contributed by atoms with Gasteiger partial charge in [-0.25, -0.2) is 0 Å². The molecule has 3 heteroatoms. The molecule has 0 amide bonds. The third-order valence-electron chi connectivity index (χ3n) is 3.26. The first-order chi connectivity index (χ1) is 5.77. The molecule has 1 saturated carbocycles. The van der Waals surface area contributed by atoms with E-state index >= 15 is 0 Å². The van der Waals surface area contributed by atoms with Gasteiger partial charge in [-0.2, -0.15) is 0 Å². The Morgan fingerprint density at radius 3 is 2.92 bits per heavy atom. The molecule has 2 fully saturated rings. The van der Waals surface area contributed by atoms with Crippen LogP contribution >= 0.6 is 0 Å². The van der Waals surface area contributed by atoms with Crippen LogP contribution in [0.1, 0.15) is 25.7 Å². The second kappa shape index (κ2) is 3.05. The molecule has 0 aromatic heterocycles. The third kappa shape index (κ3) is 1.33. The minimum Gasteiger partial charge on any atom is -0.481 e. The summed E-state index contributed by atoms with van der Waals surface area (Å²) >= 11 is 0. The van der Waals surface area contributed by atoms with Crippen LogP contribution in [0, 0.1) is 11.8 Å². The van der Waals surface area contributed by atoms with Crippen LogP contribution in [0.3, 0.4) is 0 Å². The molecular formula is C9H15NO2. The minimum atomic E-state index is -0.609. The molecule has 0 aromatic carbocycles. The Kier molecular flexibility index (Phi) is 2.05. The Balaban J connectivity index is 1.96. The molecule has 12 heavy (non-hydrogen) atoms. The number of hydrogen-bond donors (Lipinski definition) is 2. The van der Waals surface area contributed by atoms with Crippen molar-refractivity contribution in [2.45, 2.75) is 31.7 Å². The highest BCUT2D eigenvalue weighted by Crippen LogP contribution is 2.33. The lowest BCUT2D eigenvalue weighted by Crippen LogP contribution is -2.36. The van der Waals surface area contributed by atoms with Crippen molar-refractivity contribution in [2.75, 3.05) is 6.54 Å². The zero-order valence-corrected chi connectivity index (χ0v) is 7.12. The third-order valence-corrected chi connectivity index (χ3v) is 3.26. The van der Waals surface area contributed by atoms with Crippen molar-refractivity contribution in [3.8, 4) is 0 Å². The fourth-order valence-corrected chi connectivity index (χ4v) is 2.51. The number of aliphatic carboxylic acids is 1. The van der Waals surface area contributed by atoms with Crippen LogP contribution < -0.4 is 5.32 Å². The highest BCUT2D eigenvalue weighted by Gasteiger charge is 2.35. The number of carbonyl (C=O) groups is 1. The molecule has 1 saturated heterocycles. The van der Waals surface area contributed by atoms with Crippen LogP contribution in [0.15, 0.2) is 0 Å². The van der Waals surface area contributed by atoms with Crippen LogP contribution in [0.2, 0.25) is 0 Å². The van der Waals surface area contributed by atoms with E-state index in [9.17, 15) is 4.79 Å². The summed E-state index contributed by atoms with van der Waals surface area (Å²) < 4.78 is 0. The SMILES string of the molecule is O=C(O)[C@@H]1CC[C@@H]2CCN[C@H]2C1. The first-order valence-electron chi connectivity index (χ1n) is 4.73. The summed E-state index contributed by atoms with van der Waals surface area (Å²) in [7, 11) is 0. The van der Waals surface area contributed by atoms with Gasteiger partial charge >= 0.3 is 5.97 Å². The molecule has 2 rings (SSSR count). The van der Waals surface area contributed by atoms with E-state index in [2.05, 4.69) is 5.32 Å². The van der Waals surface area contributed by atoms with Crippen molar-refractivity contribution >= 4 is 5.97 Å². The van der Waals surface area contributed by atoms with Crippen molar-refractivity contribution in [3.05, 3.63) is 0 Å². The second-order valence-electron chi connectivity index (χ2n) is 3.96. The summed E-state index contributed by atoms with van der Waals surface area (Å²) in [5, 5.41) is 12.2. The maximum absolute atomic E-state index is 10.7. The standard InChI is InChI=1S/C9H15NO2/c11-9(12)7-2-1-6-3-4-10-8(6)5-7/h6-8,10H,1-5H2,(H,11,12)/t6-,7-,8+/m1/s1. The van der Waals surface area contributed by atoms with E-state index in [0.29, 0.717) is 6.04 Å². The summed E-state index contributed by atoms with van der Waals surface area (Å²) in [6.07, 6.45) is 4.09. The van der Waals surface area contributed by atoms with Gasteiger partial charge < -0.3 is 10.4 Å². The van der Waals surface area contributed by atoms with E-state index in [0.717, 1.165) is 31.7 Å². The van der Waals surface area contributed by atoms with Crippen LogP contribution in [0.4, 0.5) is 0 Å². The van der Waals surface area contributed by atoms with E-state index in [1.54, 1.807) is 0 Å². The molecule has 1 aliphatic carbocycles. The van der Waals surface area contributed by atoms with Crippen molar-refractivity contribution < 1.29 is 9.90 Å². The van der Waals surface area contributed by atoms with Crippen molar-refractivity contribution in [1.82, 2.24) is 5.32 Å². The summed E-state index contributed by atoms with van der Waals surface area (Å²) in [5.74, 6) is 0.0691. The monoisotopic (exact) mass is 169 g/mol. The van der Waals surface area contributed by atoms with Gasteiger partial charge in [-0.1, -0.05) is 0 Å². The molecule has 1 heterocycles. The predicted molar refractivity (Wildman–Crippen MR) is 44.9 cm³/mol. The number of fused-ring (bicyclic) bond motifs is 1. The Morgan fingerprint density at radius 2 is 2.17 bits per heavy atom. The Morgan fingerprint density at radius 1 is 1.33 bits per heavy atom.